The van der Waals surface area contributed by atoms with Crippen LogP contribution in [0.25, 0.3) is 10.9 Å². The molecule has 1 aromatic heterocycles. The first-order valence-corrected chi connectivity index (χ1v) is 5.45. The predicted octanol–water partition coefficient (Wildman–Crippen LogP) is 3.63. The maximum Gasteiger partial charge on any atom is 0.339 e. The minimum Gasteiger partial charge on any atom is -0.465 e. The minimum atomic E-state index is -0.418. The van der Waals surface area contributed by atoms with Crippen molar-refractivity contribution >= 4 is 28.5 Å². The van der Waals surface area contributed by atoms with Crippen LogP contribution in [0.4, 0.5) is 0 Å². The van der Waals surface area contributed by atoms with Gasteiger partial charge in [0.05, 0.1) is 17.7 Å². The Hall–Kier alpha value is -1.48. The highest BCUT2D eigenvalue weighted by molar-refractivity contribution is 6.34. The number of rotatable bonds is 1. The van der Waals surface area contributed by atoms with Crippen LogP contribution in [0.3, 0.4) is 0 Å². The third kappa shape index (κ3) is 2.36. The maximum absolute atomic E-state index is 11.3. The highest BCUT2D eigenvalue weighted by atomic mass is 35.5. The molecular weight excluding hydrogens is 226 g/mol. The van der Waals surface area contributed by atoms with E-state index in [4.69, 9.17) is 11.6 Å². The van der Waals surface area contributed by atoms with Crippen LogP contribution in [0, 0.1) is 0 Å². The number of carbonyl (C=O) groups excluding carboxylic acids is 1. The van der Waals surface area contributed by atoms with Gasteiger partial charge in [-0.25, -0.2) is 4.79 Å². The van der Waals surface area contributed by atoms with Gasteiger partial charge in [-0.3, -0.25) is 0 Å². The van der Waals surface area contributed by atoms with Crippen molar-refractivity contribution in [3.63, 3.8) is 0 Å². The first-order chi connectivity index (χ1) is 7.72. The summed E-state index contributed by atoms with van der Waals surface area (Å²) in [6, 6.07) is 5.29. The summed E-state index contributed by atoms with van der Waals surface area (Å²) >= 11 is 5.91. The smallest absolute Gasteiger partial charge is 0.339 e. The molecule has 0 aliphatic heterocycles. The Morgan fingerprint density at radius 1 is 1.38 bits per heavy atom. The fraction of sp³-hybridized carbons (Fsp3) is 0.250. The van der Waals surface area contributed by atoms with Crippen LogP contribution >= 0.6 is 11.6 Å². The number of nitrogens with one attached hydrogen (secondary N) is 1. The van der Waals surface area contributed by atoms with Crippen molar-refractivity contribution in [1.82, 2.24) is 4.98 Å². The highest BCUT2D eigenvalue weighted by Gasteiger charge is 2.11. The molecule has 0 saturated carbocycles. The molecule has 3 nitrogen and oxygen atoms in total. The highest BCUT2D eigenvalue weighted by Crippen LogP contribution is 2.23. The van der Waals surface area contributed by atoms with Crippen LogP contribution in [0.1, 0.15) is 24.2 Å². The lowest BCUT2D eigenvalue weighted by atomic mass is 10.1. The van der Waals surface area contributed by atoms with Gasteiger partial charge in [-0.1, -0.05) is 25.4 Å². The minimum absolute atomic E-state index is 0.390. The molecule has 0 unspecified atom stereocenters. The van der Waals surface area contributed by atoms with E-state index in [9.17, 15) is 4.79 Å². The van der Waals surface area contributed by atoms with E-state index in [0.717, 1.165) is 10.9 Å². The summed E-state index contributed by atoms with van der Waals surface area (Å²) in [5.74, 6) is -0.418. The molecule has 0 fully saturated rings. The molecular formula is C12H14ClNO2. The van der Waals surface area contributed by atoms with Gasteiger partial charge in [0, 0.05) is 17.1 Å². The molecule has 1 heterocycles. The van der Waals surface area contributed by atoms with E-state index in [1.165, 1.54) is 7.11 Å². The van der Waals surface area contributed by atoms with Crippen LogP contribution in [-0.2, 0) is 4.74 Å². The molecule has 1 N–H and O–H groups in total. The number of aromatic amines is 1. The number of methoxy groups -OCH3 is 1. The summed E-state index contributed by atoms with van der Waals surface area (Å²) in [5.41, 5.74) is 1.30. The molecule has 0 atom stereocenters. The number of esters is 1. The Morgan fingerprint density at radius 2 is 2.06 bits per heavy atom. The molecule has 86 valence electrons. The number of carbonyl (C=O) groups is 1. The first-order valence-electron chi connectivity index (χ1n) is 5.07. The van der Waals surface area contributed by atoms with E-state index in [1.807, 2.05) is 19.9 Å². The summed E-state index contributed by atoms with van der Waals surface area (Å²) in [4.78, 5) is 14.3. The molecule has 0 radical (unpaired) electrons. The third-order valence-electron chi connectivity index (χ3n) is 2.05. The van der Waals surface area contributed by atoms with Crippen molar-refractivity contribution in [3.05, 3.63) is 35.0 Å². The molecule has 2 aromatic rings. The van der Waals surface area contributed by atoms with Crippen molar-refractivity contribution in [1.29, 1.82) is 0 Å². The number of H-pyrrole nitrogens is 1. The molecule has 0 spiro atoms. The van der Waals surface area contributed by atoms with Gasteiger partial charge >= 0.3 is 5.97 Å². The van der Waals surface area contributed by atoms with Gasteiger partial charge < -0.3 is 9.72 Å². The second-order valence-electron chi connectivity index (χ2n) is 2.89. The van der Waals surface area contributed by atoms with Gasteiger partial charge in [-0.05, 0) is 18.2 Å². The van der Waals surface area contributed by atoms with Crippen molar-refractivity contribution in [2.75, 3.05) is 7.11 Å². The Morgan fingerprint density at radius 3 is 2.69 bits per heavy atom. The number of halogens is 1. The normalized spacial score (nSPS) is 9.50. The summed E-state index contributed by atoms with van der Waals surface area (Å²) in [7, 11) is 1.33. The molecule has 0 bridgehead atoms. The van der Waals surface area contributed by atoms with Gasteiger partial charge in [0.2, 0.25) is 0 Å². The molecule has 0 aliphatic carbocycles. The van der Waals surface area contributed by atoms with Crippen LogP contribution in [0.2, 0.25) is 5.02 Å². The van der Waals surface area contributed by atoms with E-state index < -0.39 is 5.97 Å². The first kappa shape index (κ1) is 12.6. The predicted molar refractivity (Wildman–Crippen MR) is 66.0 cm³/mol. The number of aromatic nitrogens is 1. The molecule has 0 aliphatic rings. The van der Waals surface area contributed by atoms with E-state index in [-0.39, 0.29) is 0 Å². The monoisotopic (exact) mass is 239 g/mol. The maximum atomic E-state index is 11.3. The Bertz CT molecular complexity index is 491. The van der Waals surface area contributed by atoms with Crippen LogP contribution in [0.15, 0.2) is 24.4 Å². The molecule has 0 amide bonds. The largest absolute Gasteiger partial charge is 0.465 e. The van der Waals surface area contributed by atoms with Crippen LogP contribution < -0.4 is 0 Å². The number of hydrogen-bond acceptors (Lipinski definition) is 2. The average molecular weight is 240 g/mol. The van der Waals surface area contributed by atoms with E-state index in [1.54, 1.807) is 18.3 Å². The van der Waals surface area contributed by atoms with Crippen LogP contribution in [-0.4, -0.2) is 18.1 Å². The lowest BCUT2D eigenvalue weighted by molar-refractivity contribution is 0.0601. The number of benzene rings is 1. The standard InChI is InChI=1S/C10H8ClNO2.C2H6/c1-14-10(13)7-4-6-2-3-12-9(6)5-8(7)11;1-2/h2-5,12H,1H3;1-2H3. The summed E-state index contributed by atoms with van der Waals surface area (Å²) < 4.78 is 4.61. The van der Waals surface area contributed by atoms with Gasteiger partial charge in [-0.15, -0.1) is 0 Å². The topological polar surface area (TPSA) is 42.1 Å². The number of hydrogen-bond donors (Lipinski definition) is 1. The number of ether oxygens (including phenoxy) is 1. The third-order valence-corrected chi connectivity index (χ3v) is 2.36. The lowest BCUT2D eigenvalue weighted by Crippen LogP contribution is -2.01. The zero-order valence-corrected chi connectivity index (χ0v) is 10.3. The fourth-order valence-electron chi connectivity index (χ4n) is 1.34. The summed E-state index contributed by atoms with van der Waals surface area (Å²) in [6.07, 6.45) is 1.79. The average Bonchev–Trinajstić information content (AvgIpc) is 2.76. The SMILES string of the molecule is CC.COC(=O)c1cc2cc[nH]c2cc1Cl. The lowest BCUT2D eigenvalue weighted by Gasteiger charge is -2.01. The van der Waals surface area contributed by atoms with E-state index >= 15 is 0 Å². The Labute approximate surface area is 99.4 Å². The number of fused-ring (bicyclic) bond motifs is 1. The second-order valence-corrected chi connectivity index (χ2v) is 3.30. The van der Waals surface area contributed by atoms with Crippen molar-refractivity contribution in [3.8, 4) is 0 Å². The van der Waals surface area contributed by atoms with Crippen molar-refractivity contribution in [2.24, 2.45) is 0 Å². The summed E-state index contributed by atoms with van der Waals surface area (Å²) in [5, 5.41) is 1.33. The van der Waals surface area contributed by atoms with E-state index in [2.05, 4.69) is 9.72 Å². The zero-order valence-electron chi connectivity index (χ0n) is 9.50. The summed E-state index contributed by atoms with van der Waals surface area (Å²) in [6.45, 7) is 4.00. The van der Waals surface area contributed by atoms with Crippen molar-refractivity contribution in [2.45, 2.75) is 13.8 Å². The van der Waals surface area contributed by atoms with Gasteiger partial charge in [0.1, 0.15) is 0 Å². The quantitative estimate of drug-likeness (QED) is 0.772. The van der Waals surface area contributed by atoms with Crippen LogP contribution in [0.5, 0.6) is 0 Å². The zero-order chi connectivity index (χ0) is 12.1. The van der Waals surface area contributed by atoms with Gasteiger partial charge in [0.15, 0.2) is 0 Å². The van der Waals surface area contributed by atoms with E-state index in [0.29, 0.717) is 10.6 Å². The Balaban J connectivity index is 0.000000606. The molecule has 2 rings (SSSR count). The van der Waals surface area contributed by atoms with Gasteiger partial charge in [0.25, 0.3) is 0 Å². The molecule has 16 heavy (non-hydrogen) atoms. The van der Waals surface area contributed by atoms with Gasteiger partial charge in [-0.2, -0.15) is 0 Å². The van der Waals surface area contributed by atoms with Crippen molar-refractivity contribution < 1.29 is 9.53 Å². The second kappa shape index (κ2) is 5.56. The fourth-order valence-corrected chi connectivity index (χ4v) is 1.58. The molecule has 1 aromatic carbocycles. The molecule has 0 saturated heterocycles. The Kier molecular flexibility index (Phi) is 4.38. The molecule has 4 heteroatoms.